The molecule has 0 bridgehead atoms. The molecule has 3 nitrogen and oxygen atoms in total. The van der Waals surface area contributed by atoms with E-state index in [4.69, 9.17) is 4.55 Å². The SMILES string of the molecule is Cc1cc(C(C)(C)C)c(Sc2c(F)c(F)c(S(=O)(=O)O)c(F)c2F)c(C(C)(C)C)c1. The lowest BCUT2D eigenvalue weighted by Crippen LogP contribution is -2.20. The maximum atomic E-state index is 14.7. The number of hydrogen-bond acceptors (Lipinski definition) is 3. The molecule has 2 aromatic rings. The smallest absolute Gasteiger partial charge is 0.282 e. The van der Waals surface area contributed by atoms with Gasteiger partial charge in [0.15, 0.2) is 28.2 Å². The van der Waals surface area contributed by atoms with E-state index in [1.807, 2.05) is 60.6 Å². The minimum Gasteiger partial charge on any atom is -0.282 e. The van der Waals surface area contributed by atoms with E-state index in [9.17, 15) is 26.0 Å². The molecular formula is C21H24F4O3S2. The molecule has 166 valence electrons. The van der Waals surface area contributed by atoms with Crippen LogP contribution in [0.2, 0.25) is 0 Å². The lowest BCUT2D eigenvalue weighted by molar-refractivity contribution is 0.384. The minimum absolute atomic E-state index is 0.428. The zero-order valence-corrected chi connectivity index (χ0v) is 19.4. The highest BCUT2D eigenvalue weighted by molar-refractivity contribution is 7.99. The molecule has 0 radical (unpaired) electrons. The van der Waals surface area contributed by atoms with E-state index in [1.54, 1.807) is 0 Å². The summed E-state index contributed by atoms with van der Waals surface area (Å²) in [5, 5.41) is 0. The molecule has 30 heavy (non-hydrogen) atoms. The molecule has 0 unspecified atom stereocenters. The van der Waals surface area contributed by atoms with Gasteiger partial charge >= 0.3 is 10.1 Å². The van der Waals surface area contributed by atoms with Crippen molar-refractivity contribution in [2.24, 2.45) is 0 Å². The van der Waals surface area contributed by atoms with Crippen molar-refractivity contribution in [2.75, 3.05) is 0 Å². The van der Waals surface area contributed by atoms with Crippen molar-refractivity contribution in [2.45, 2.75) is 74.0 Å². The first-order valence-corrected chi connectivity index (χ1v) is 11.3. The predicted molar refractivity (Wildman–Crippen MR) is 109 cm³/mol. The minimum atomic E-state index is -5.51. The number of aryl methyl sites for hydroxylation is 1. The third-order valence-electron chi connectivity index (χ3n) is 4.49. The Hall–Kier alpha value is -1.58. The lowest BCUT2D eigenvalue weighted by atomic mass is 9.79. The molecule has 0 aliphatic heterocycles. The normalized spacial score (nSPS) is 13.1. The molecule has 0 amide bonds. The van der Waals surface area contributed by atoms with Crippen LogP contribution in [0.4, 0.5) is 17.6 Å². The van der Waals surface area contributed by atoms with E-state index < -0.39 is 54.0 Å². The topological polar surface area (TPSA) is 54.4 Å². The van der Waals surface area contributed by atoms with Gasteiger partial charge in [-0.3, -0.25) is 4.55 Å². The van der Waals surface area contributed by atoms with Gasteiger partial charge < -0.3 is 0 Å². The predicted octanol–water partition coefficient (Wildman–Crippen LogP) is 6.54. The van der Waals surface area contributed by atoms with Gasteiger partial charge in [0.25, 0.3) is 0 Å². The van der Waals surface area contributed by atoms with E-state index in [1.165, 1.54) is 0 Å². The van der Waals surface area contributed by atoms with Crippen molar-refractivity contribution >= 4 is 21.9 Å². The Morgan fingerprint density at radius 2 is 1.13 bits per heavy atom. The Morgan fingerprint density at radius 1 is 0.767 bits per heavy atom. The van der Waals surface area contributed by atoms with Crippen molar-refractivity contribution in [3.05, 3.63) is 52.1 Å². The van der Waals surface area contributed by atoms with Crippen LogP contribution in [0.5, 0.6) is 0 Å². The fourth-order valence-corrected chi connectivity index (χ4v) is 5.15. The van der Waals surface area contributed by atoms with E-state index in [-0.39, 0.29) is 0 Å². The summed E-state index contributed by atoms with van der Waals surface area (Å²) >= 11 is 0.498. The summed E-state index contributed by atoms with van der Waals surface area (Å²) in [7, 11) is -5.51. The molecule has 0 aliphatic carbocycles. The van der Waals surface area contributed by atoms with Gasteiger partial charge in [0.2, 0.25) is 0 Å². The Balaban J connectivity index is 2.91. The van der Waals surface area contributed by atoms with E-state index in [2.05, 4.69) is 0 Å². The zero-order chi connectivity index (χ0) is 23.4. The zero-order valence-electron chi connectivity index (χ0n) is 17.7. The molecule has 2 rings (SSSR count). The maximum absolute atomic E-state index is 14.7. The number of halogens is 4. The largest absolute Gasteiger partial charge is 0.300 e. The van der Waals surface area contributed by atoms with Gasteiger partial charge in [0, 0.05) is 4.90 Å². The summed E-state index contributed by atoms with van der Waals surface area (Å²) in [5.74, 6) is -8.10. The highest BCUT2D eigenvalue weighted by atomic mass is 32.2. The van der Waals surface area contributed by atoms with E-state index in [0.29, 0.717) is 16.7 Å². The van der Waals surface area contributed by atoms with Crippen LogP contribution in [0.25, 0.3) is 0 Å². The summed E-state index contributed by atoms with van der Waals surface area (Å²) in [6, 6.07) is 3.68. The molecule has 1 N–H and O–H groups in total. The van der Waals surface area contributed by atoms with Crippen LogP contribution in [0.15, 0.2) is 26.8 Å². The van der Waals surface area contributed by atoms with Crippen molar-refractivity contribution < 1.29 is 30.5 Å². The van der Waals surface area contributed by atoms with Crippen LogP contribution < -0.4 is 0 Å². The third-order valence-corrected chi connectivity index (χ3v) is 6.58. The molecule has 0 spiro atoms. The average molecular weight is 465 g/mol. The number of benzene rings is 2. The van der Waals surface area contributed by atoms with Crippen molar-refractivity contribution in [3.63, 3.8) is 0 Å². The molecule has 0 fully saturated rings. The van der Waals surface area contributed by atoms with Gasteiger partial charge in [-0.2, -0.15) is 8.42 Å². The molecular weight excluding hydrogens is 440 g/mol. The second-order valence-corrected chi connectivity index (χ2v) is 11.6. The van der Waals surface area contributed by atoms with Crippen LogP contribution in [-0.4, -0.2) is 13.0 Å². The standard InChI is InChI=1S/C21H24F4O3S2/c1-10-8-11(20(2,3)4)17(12(9-10)21(5,6)7)29-18-13(22)15(24)19(30(26,27)28)16(25)14(18)23/h8-9H,1-7H3,(H,26,27,28). The van der Waals surface area contributed by atoms with Gasteiger partial charge in [-0.05, 0) is 28.9 Å². The first-order valence-electron chi connectivity index (χ1n) is 9.04. The first kappa shape index (κ1) is 24.7. The highest BCUT2D eigenvalue weighted by Gasteiger charge is 2.34. The fraction of sp³-hybridized carbons (Fsp3) is 0.429. The van der Waals surface area contributed by atoms with Gasteiger partial charge in [0.05, 0.1) is 4.90 Å². The Bertz CT molecular complexity index is 1050. The summed E-state index contributed by atoms with van der Waals surface area (Å²) < 4.78 is 89.3. The molecule has 9 heteroatoms. The first-order chi connectivity index (χ1) is 13.4. The van der Waals surface area contributed by atoms with Crippen LogP contribution in [0.1, 0.15) is 58.2 Å². The fourth-order valence-electron chi connectivity index (χ4n) is 3.01. The van der Waals surface area contributed by atoms with Crippen LogP contribution in [0, 0.1) is 30.2 Å². The molecule has 0 heterocycles. The lowest BCUT2D eigenvalue weighted by Gasteiger charge is -2.30. The van der Waals surface area contributed by atoms with Gasteiger partial charge in [-0.1, -0.05) is 71.0 Å². The average Bonchev–Trinajstić information content (AvgIpc) is 2.54. The van der Waals surface area contributed by atoms with Crippen LogP contribution in [-0.2, 0) is 20.9 Å². The number of hydrogen-bond donors (Lipinski definition) is 1. The van der Waals surface area contributed by atoms with E-state index >= 15 is 0 Å². The molecule has 2 aromatic carbocycles. The van der Waals surface area contributed by atoms with Crippen LogP contribution in [0.3, 0.4) is 0 Å². The van der Waals surface area contributed by atoms with Crippen molar-refractivity contribution in [1.29, 1.82) is 0 Å². The summed E-state index contributed by atoms with van der Waals surface area (Å²) in [6.45, 7) is 13.3. The third kappa shape index (κ3) is 4.68. The summed E-state index contributed by atoms with van der Waals surface area (Å²) in [5.41, 5.74) is 1.42. The monoisotopic (exact) mass is 464 g/mol. The summed E-state index contributed by atoms with van der Waals surface area (Å²) in [4.78, 5) is -2.63. The second-order valence-electron chi connectivity index (χ2n) is 9.18. The van der Waals surface area contributed by atoms with Gasteiger partial charge in [-0.15, -0.1) is 0 Å². The molecule has 0 atom stereocenters. The van der Waals surface area contributed by atoms with Gasteiger partial charge in [-0.25, -0.2) is 17.6 Å². The maximum Gasteiger partial charge on any atom is 0.300 e. The molecule has 0 saturated carbocycles. The molecule has 0 aromatic heterocycles. The quantitative estimate of drug-likeness (QED) is 0.318. The second kappa shape index (κ2) is 7.84. The molecule has 0 aliphatic rings. The highest BCUT2D eigenvalue weighted by Crippen LogP contribution is 2.46. The van der Waals surface area contributed by atoms with Gasteiger partial charge in [0.1, 0.15) is 0 Å². The van der Waals surface area contributed by atoms with E-state index in [0.717, 1.165) is 16.7 Å². The van der Waals surface area contributed by atoms with Crippen LogP contribution >= 0.6 is 11.8 Å². The summed E-state index contributed by atoms with van der Waals surface area (Å²) in [6.07, 6.45) is 0. The Morgan fingerprint density at radius 3 is 1.43 bits per heavy atom. The Labute approximate surface area is 178 Å². The van der Waals surface area contributed by atoms with Crippen molar-refractivity contribution in [3.8, 4) is 0 Å². The Kier molecular flexibility index (Phi) is 6.45. The number of rotatable bonds is 3. The van der Waals surface area contributed by atoms with Crippen molar-refractivity contribution in [1.82, 2.24) is 0 Å². The molecule has 0 saturated heterocycles.